The zero-order valence-electron chi connectivity index (χ0n) is 11.3. The predicted molar refractivity (Wildman–Crippen MR) is 83.2 cm³/mol. The van der Waals surface area contributed by atoms with Crippen LogP contribution in [0, 0.1) is 0 Å². The van der Waals surface area contributed by atoms with Crippen LogP contribution in [0.25, 0.3) is 0 Å². The Kier molecular flexibility index (Phi) is 3.90. The lowest BCUT2D eigenvalue weighted by molar-refractivity contribution is 0.784. The number of fused-ring (bicyclic) bond motifs is 1. The first-order valence-electron chi connectivity index (χ1n) is 6.95. The summed E-state index contributed by atoms with van der Waals surface area (Å²) in [6, 6.07) is 12.5. The quantitative estimate of drug-likeness (QED) is 0.923. The van der Waals surface area contributed by atoms with Gasteiger partial charge in [-0.05, 0) is 36.1 Å². The van der Waals surface area contributed by atoms with Crippen molar-refractivity contribution in [3.05, 3.63) is 58.2 Å². The maximum Gasteiger partial charge on any atom is 0.128 e. The number of halogens is 1. The Morgan fingerprint density at radius 3 is 2.30 bits per heavy atom. The van der Waals surface area contributed by atoms with Crippen molar-refractivity contribution in [2.45, 2.75) is 19.4 Å². The number of benzene rings is 1. The average Bonchev–Trinajstić information content (AvgIpc) is 2.70. The fourth-order valence-electron chi connectivity index (χ4n) is 2.69. The Morgan fingerprint density at radius 1 is 1.05 bits per heavy atom. The van der Waals surface area contributed by atoms with E-state index in [1.165, 1.54) is 11.1 Å². The van der Waals surface area contributed by atoms with Gasteiger partial charge in [0, 0.05) is 19.6 Å². The Balaban J connectivity index is 1.83. The van der Waals surface area contributed by atoms with Crippen LogP contribution in [0.1, 0.15) is 16.8 Å². The van der Waals surface area contributed by atoms with Crippen LogP contribution < -0.4 is 10.6 Å². The van der Waals surface area contributed by atoms with Crippen LogP contribution in [0.15, 0.2) is 36.4 Å². The summed E-state index contributed by atoms with van der Waals surface area (Å²) >= 11 is 6.08. The lowest BCUT2D eigenvalue weighted by atomic mass is 10.0. The van der Waals surface area contributed by atoms with Crippen LogP contribution >= 0.6 is 11.6 Å². The average molecular weight is 288 g/mol. The van der Waals surface area contributed by atoms with E-state index < -0.39 is 0 Å². The number of nitrogens with two attached hydrogens (primary N) is 1. The van der Waals surface area contributed by atoms with Crippen LogP contribution in [0.4, 0.5) is 5.82 Å². The minimum atomic E-state index is 0.376. The molecule has 3 rings (SSSR count). The third-order valence-corrected chi connectivity index (χ3v) is 4.19. The van der Waals surface area contributed by atoms with Gasteiger partial charge in [0.2, 0.25) is 0 Å². The molecular weight excluding hydrogens is 270 g/mol. The van der Waals surface area contributed by atoms with Crippen molar-refractivity contribution in [1.29, 1.82) is 0 Å². The molecule has 0 saturated carbocycles. The molecule has 20 heavy (non-hydrogen) atoms. The molecule has 1 aliphatic heterocycles. The molecule has 1 aliphatic rings. The van der Waals surface area contributed by atoms with Crippen LogP contribution in [0.5, 0.6) is 0 Å². The van der Waals surface area contributed by atoms with Crippen molar-refractivity contribution in [2.75, 3.05) is 18.0 Å². The van der Waals surface area contributed by atoms with E-state index >= 15 is 0 Å². The van der Waals surface area contributed by atoms with E-state index in [0.29, 0.717) is 11.6 Å². The largest absolute Gasteiger partial charge is 0.356 e. The van der Waals surface area contributed by atoms with Crippen LogP contribution in [-0.4, -0.2) is 18.1 Å². The standard InChI is InChI=1S/C16H18ClN3/c17-14-5-6-16(19-15(14)11-18)20-9-7-12-3-1-2-4-13(12)8-10-20/h1-6H,7-11,18H2. The lowest BCUT2D eigenvalue weighted by Crippen LogP contribution is -2.27. The van der Waals surface area contributed by atoms with Gasteiger partial charge in [-0.3, -0.25) is 0 Å². The van der Waals surface area contributed by atoms with Crippen molar-refractivity contribution >= 4 is 17.4 Å². The smallest absolute Gasteiger partial charge is 0.128 e. The molecule has 1 aromatic carbocycles. The molecule has 0 radical (unpaired) electrons. The van der Waals surface area contributed by atoms with Gasteiger partial charge >= 0.3 is 0 Å². The summed E-state index contributed by atoms with van der Waals surface area (Å²) in [5.74, 6) is 0.975. The molecule has 0 spiro atoms. The van der Waals surface area contributed by atoms with Crippen molar-refractivity contribution in [2.24, 2.45) is 5.73 Å². The molecule has 2 heterocycles. The van der Waals surface area contributed by atoms with E-state index in [4.69, 9.17) is 17.3 Å². The van der Waals surface area contributed by atoms with E-state index in [-0.39, 0.29) is 0 Å². The Bertz CT molecular complexity index is 585. The lowest BCUT2D eigenvalue weighted by Gasteiger charge is -2.22. The summed E-state index contributed by atoms with van der Waals surface area (Å²) in [6.07, 6.45) is 2.11. The summed E-state index contributed by atoms with van der Waals surface area (Å²) < 4.78 is 0. The van der Waals surface area contributed by atoms with E-state index in [1.54, 1.807) is 0 Å². The molecule has 0 unspecified atom stereocenters. The van der Waals surface area contributed by atoms with Gasteiger partial charge in [-0.1, -0.05) is 35.9 Å². The number of nitrogens with zero attached hydrogens (tertiary/aromatic N) is 2. The minimum Gasteiger partial charge on any atom is -0.356 e. The normalized spacial score (nSPS) is 14.8. The SMILES string of the molecule is NCc1nc(N2CCc3ccccc3CC2)ccc1Cl. The molecule has 0 fully saturated rings. The maximum atomic E-state index is 6.08. The highest BCUT2D eigenvalue weighted by Gasteiger charge is 2.15. The molecule has 104 valence electrons. The zero-order chi connectivity index (χ0) is 13.9. The number of pyridine rings is 1. The highest BCUT2D eigenvalue weighted by Crippen LogP contribution is 2.22. The van der Waals surface area contributed by atoms with Crippen molar-refractivity contribution < 1.29 is 0 Å². The van der Waals surface area contributed by atoms with Gasteiger partial charge in [0.1, 0.15) is 5.82 Å². The summed E-state index contributed by atoms with van der Waals surface area (Å²) in [4.78, 5) is 6.90. The van der Waals surface area contributed by atoms with E-state index in [9.17, 15) is 0 Å². The third-order valence-electron chi connectivity index (χ3n) is 3.84. The fourth-order valence-corrected chi connectivity index (χ4v) is 2.87. The van der Waals surface area contributed by atoms with E-state index in [2.05, 4.69) is 34.1 Å². The minimum absolute atomic E-state index is 0.376. The van der Waals surface area contributed by atoms with E-state index in [1.807, 2.05) is 12.1 Å². The molecule has 0 aliphatic carbocycles. The zero-order valence-corrected chi connectivity index (χ0v) is 12.1. The summed E-state index contributed by atoms with van der Waals surface area (Å²) in [5.41, 5.74) is 9.35. The second-order valence-corrected chi connectivity index (χ2v) is 5.47. The molecule has 3 nitrogen and oxygen atoms in total. The number of anilines is 1. The number of hydrogen-bond acceptors (Lipinski definition) is 3. The first-order chi connectivity index (χ1) is 9.78. The first-order valence-corrected chi connectivity index (χ1v) is 7.33. The molecule has 0 atom stereocenters. The Hall–Kier alpha value is -1.58. The Morgan fingerprint density at radius 2 is 1.70 bits per heavy atom. The topological polar surface area (TPSA) is 42.1 Å². The number of rotatable bonds is 2. The molecule has 2 aromatic rings. The van der Waals surface area contributed by atoms with E-state index in [0.717, 1.165) is 37.4 Å². The third kappa shape index (κ3) is 2.65. The molecule has 0 amide bonds. The molecule has 0 bridgehead atoms. The highest BCUT2D eigenvalue weighted by atomic mass is 35.5. The second kappa shape index (κ2) is 5.81. The van der Waals surface area contributed by atoms with Crippen molar-refractivity contribution in [1.82, 2.24) is 4.98 Å². The van der Waals surface area contributed by atoms with Gasteiger partial charge in [-0.25, -0.2) is 4.98 Å². The van der Waals surface area contributed by atoms with Gasteiger partial charge in [0.05, 0.1) is 10.7 Å². The maximum absolute atomic E-state index is 6.08. The molecule has 0 saturated heterocycles. The summed E-state index contributed by atoms with van der Waals surface area (Å²) in [6.45, 7) is 2.34. The Labute approximate surface area is 124 Å². The molecule has 1 aromatic heterocycles. The monoisotopic (exact) mass is 287 g/mol. The van der Waals surface area contributed by atoms with Crippen LogP contribution in [0.2, 0.25) is 5.02 Å². The predicted octanol–water partition coefficient (Wildman–Crippen LogP) is 2.80. The van der Waals surface area contributed by atoms with Crippen molar-refractivity contribution in [3.8, 4) is 0 Å². The second-order valence-electron chi connectivity index (χ2n) is 5.06. The van der Waals surface area contributed by atoms with Gasteiger partial charge < -0.3 is 10.6 Å². The van der Waals surface area contributed by atoms with Gasteiger partial charge in [0.25, 0.3) is 0 Å². The van der Waals surface area contributed by atoms with Gasteiger partial charge in [-0.2, -0.15) is 0 Å². The van der Waals surface area contributed by atoms with Crippen LogP contribution in [0.3, 0.4) is 0 Å². The number of hydrogen-bond donors (Lipinski definition) is 1. The summed E-state index contributed by atoms with van der Waals surface area (Å²) in [7, 11) is 0. The highest BCUT2D eigenvalue weighted by molar-refractivity contribution is 6.31. The molecule has 4 heteroatoms. The molecule has 2 N–H and O–H groups in total. The molecular formula is C16H18ClN3. The van der Waals surface area contributed by atoms with Crippen molar-refractivity contribution in [3.63, 3.8) is 0 Å². The fraction of sp³-hybridized carbons (Fsp3) is 0.312. The number of aromatic nitrogens is 1. The van der Waals surface area contributed by atoms with Crippen LogP contribution in [-0.2, 0) is 19.4 Å². The first kappa shape index (κ1) is 13.4. The van der Waals surface area contributed by atoms with Gasteiger partial charge in [0.15, 0.2) is 0 Å². The summed E-state index contributed by atoms with van der Waals surface area (Å²) in [5, 5.41) is 0.648. The van der Waals surface area contributed by atoms with Gasteiger partial charge in [-0.15, -0.1) is 0 Å².